The van der Waals surface area contributed by atoms with E-state index >= 15 is 0 Å². The lowest BCUT2D eigenvalue weighted by molar-refractivity contribution is -0.124. The van der Waals surface area contributed by atoms with Gasteiger partial charge in [0.25, 0.3) is 0 Å². The number of carbonyl (C=O) groups excluding carboxylic acids is 1. The Balaban J connectivity index is 3.82. The van der Waals surface area contributed by atoms with Gasteiger partial charge in [-0.3, -0.25) is 4.79 Å². The van der Waals surface area contributed by atoms with Crippen LogP contribution in [0.5, 0.6) is 0 Å². The number of amides is 1. The molecule has 3 unspecified atom stereocenters. The topological polar surface area (TPSA) is 89.8 Å². The Kier molecular flexibility index (Phi) is 32.3. The Morgan fingerprint density at radius 3 is 1.49 bits per heavy atom. The number of nitrogens with one attached hydrogen (secondary N) is 1. The molecule has 0 aromatic carbocycles. The molecule has 0 fully saturated rings. The van der Waals surface area contributed by atoms with Gasteiger partial charge in [-0.25, -0.2) is 0 Å². The maximum atomic E-state index is 12.3. The quantitative estimate of drug-likeness (QED) is 0.0454. The smallest absolute Gasteiger partial charge is 0.222 e. The number of hydrogen-bond donors (Lipinski definition) is 4. The molecule has 0 saturated heterocycles. The van der Waals surface area contributed by atoms with Crippen LogP contribution in [-0.4, -0.2) is 46.1 Å². The van der Waals surface area contributed by atoms with Crippen molar-refractivity contribution < 1.29 is 20.1 Å². The number of aliphatic hydroxyl groups is 3. The van der Waals surface area contributed by atoms with Gasteiger partial charge in [-0.2, -0.15) is 0 Å². The van der Waals surface area contributed by atoms with Crippen LogP contribution in [0.1, 0.15) is 174 Å². The molecular formula is C38H71NO4. The van der Waals surface area contributed by atoms with Crippen LogP contribution in [0.25, 0.3) is 0 Å². The summed E-state index contributed by atoms with van der Waals surface area (Å²) in [6.07, 6.45) is 39.8. The molecule has 0 aromatic heterocycles. The second kappa shape index (κ2) is 33.5. The van der Waals surface area contributed by atoms with Crippen molar-refractivity contribution in [3.05, 3.63) is 36.5 Å². The molecule has 1 amide bonds. The minimum absolute atomic E-state index is 0.00410. The van der Waals surface area contributed by atoms with Gasteiger partial charge in [0.2, 0.25) is 5.91 Å². The number of carbonyl (C=O) groups is 1. The standard InChI is InChI=1S/C38H71NO4/c1-3-5-7-9-11-13-15-17-18-20-22-24-26-28-30-32-37(42)36(34-40)39-38(43)33-35(41)31-29-27-25-23-21-19-16-14-12-10-8-6-4-2/h15,17,22,24,30,32,35-37,40-42H,3-14,16,18-21,23,25-29,31,33-34H2,1-2H3,(H,39,43)/b17-15+,24-22+,32-30+. The van der Waals surface area contributed by atoms with E-state index in [-0.39, 0.29) is 18.9 Å². The Bertz CT molecular complexity index is 675. The summed E-state index contributed by atoms with van der Waals surface area (Å²) >= 11 is 0. The summed E-state index contributed by atoms with van der Waals surface area (Å²) in [7, 11) is 0. The summed E-state index contributed by atoms with van der Waals surface area (Å²) in [5.41, 5.74) is 0. The maximum absolute atomic E-state index is 12.3. The summed E-state index contributed by atoms with van der Waals surface area (Å²) in [6.45, 7) is 4.16. The molecule has 252 valence electrons. The Hall–Kier alpha value is -1.43. The molecule has 0 radical (unpaired) electrons. The van der Waals surface area contributed by atoms with Gasteiger partial charge in [0.1, 0.15) is 0 Å². The third-order valence-electron chi connectivity index (χ3n) is 8.16. The van der Waals surface area contributed by atoms with E-state index in [1.54, 1.807) is 6.08 Å². The Labute approximate surface area is 266 Å². The van der Waals surface area contributed by atoms with Crippen LogP contribution in [0.4, 0.5) is 0 Å². The molecule has 5 heteroatoms. The van der Waals surface area contributed by atoms with Gasteiger partial charge in [-0.15, -0.1) is 0 Å². The summed E-state index contributed by atoms with van der Waals surface area (Å²) in [5, 5.41) is 33.0. The number of hydrogen-bond acceptors (Lipinski definition) is 4. The molecule has 0 spiro atoms. The highest BCUT2D eigenvalue weighted by molar-refractivity contribution is 5.76. The Morgan fingerprint density at radius 2 is 1.00 bits per heavy atom. The molecular weight excluding hydrogens is 534 g/mol. The maximum Gasteiger partial charge on any atom is 0.222 e. The molecule has 0 saturated carbocycles. The molecule has 3 atom stereocenters. The fourth-order valence-corrected chi connectivity index (χ4v) is 5.31. The first-order valence-corrected chi connectivity index (χ1v) is 18.3. The van der Waals surface area contributed by atoms with E-state index in [2.05, 4.69) is 43.5 Å². The number of aliphatic hydroxyl groups excluding tert-OH is 3. The van der Waals surface area contributed by atoms with E-state index in [0.29, 0.717) is 6.42 Å². The highest BCUT2D eigenvalue weighted by atomic mass is 16.3. The fourth-order valence-electron chi connectivity index (χ4n) is 5.31. The monoisotopic (exact) mass is 606 g/mol. The van der Waals surface area contributed by atoms with E-state index in [1.807, 2.05) is 6.08 Å². The van der Waals surface area contributed by atoms with Crippen molar-refractivity contribution >= 4 is 5.91 Å². The highest BCUT2D eigenvalue weighted by Gasteiger charge is 2.20. The number of unbranched alkanes of at least 4 members (excludes halogenated alkanes) is 19. The van der Waals surface area contributed by atoms with Crippen molar-refractivity contribution in [3.63, 3.8) is 0 Å². The molecule has 0 aliphatic rings. The summed E-state index contributed by atoms with van der Waals surface area (Å²) in [5.74, 6) is -0.331. The van der Waals surface area contributed by atoms with Crippen molar-refractivity contribution in [2.45, 2.75) is 193 Å². The molecule has 0 aromatic rings. The summed E-state index contributed by atoms with van der Waals surface area (Å²) in [4.78, 5) is 12.3. The van der Waals surface area contributed by atoms with Crippen molar-refractivity contribution in [1.29, 1.82) is 0 Å². The van der Waals surface area contributed by atoms with E-state index in [4.69, 9.17) is 0 Å². The van der Waals surface area contributed by atoms with Gasteiger partial charge in [-0.05, 0) is 44.9 Å². The Morgan fingerprint density at radius 1 is 0.581 bits per heavy atom. The predicted molar refractivity (Wildman–Crippen MR) is 185 cm³/mol. The molecule has 0 aliphatic heterocycles. The van der Waals surface area contributed by atoms with Crippen LogP contribution >= 0.6 is 0 Å². The van der Waals surface area contributed by atoms with E-state index in [1.165, 1.54) is 109 Å². The predicted octanol–water partition coefficient (Wildman–Crippen LogP) is 9.65. The van der Waals surface area contributed by atoms with Crippen LogP contribution in [0.15, 0.2) is 36.5 Å². The van der Waals surface area contributed by atoms with Gasteiger partial charge < -0.3 is 20.6 Å². The first-order valence-electron chi connectivity index (χ1n) is 18.3. The molecule has 0 rings (SSSR count). The number of rotatable bonds is 32. The molecule has 0 bridgehead atoms. The SMILES string of the molecule is CCCCCCC/C=C/CC/C=C/CC/C=C/C(O)C(CO)NC(=O)CC(O)CCCCCCCCCCCCCCC. The lowest BCUT2D eigenvalue weighted by Crippen LogP contribution is -2.45. The lowest BCUT2D eigenvalue weighted by Gasteiger charge is -2.21. The summed E-state index contributed by atoms with van der Waals surface area (Å²) < 4.78 is 0. The van der Waals surface area contributed by atoms with E-state index in [0.717, 1.165) is 38.5 Å². The average Bonchev–Trinajstić information content (AvgIpc) is 3.00. The van der Waals surface area contributed by atoms with Crippen LogP contribution in [0.2, 0.25) is 0 Å². The summed E-state index contributed by atoms with van der Waals surface area (Å²) in [6, 6.07) is -0.763. The second-order valence-corrected chi connectivity index (χ2v) is 12.5. The second-order valence-electron chi connectivity index (χ2n) is 12.5. The zero-order valence-corrected chi connectivity index (χ0v) is 28.3. The highest BCUT2D eigenvalue weighted by Crippen LogP contribution is 2.14. The van der Waals surface area contributed by atoms with Crippen molar-refractivity contribution in [3.8, 4) is 0 Å². The minimum atomic E-state index is -0.955. The van der Waals surface area contributed by atoms with E-state index in [9.17, 15) is 20.1 Å². The average molecular weight is 606 g/mol. The zero-order chi connectivity index (χ0) is 31.6. The first kappa shape index (κ1) is 41.6. The molecule has 0 aliphatic carbocycles. The van der Waals surface area contributed by atoms with E-state index < -0.39 is 18.2 Å². The van der Waals surface area contributed by atoms with Crippen LogP contribution in [0, 0.1) is 0 Å². The third kappa shape index (κ3) is 30.4. The van der Waals surface area contributed by atoms with Crippen molar-refractivity contribution in [2.75, 3.05) is 6.61 Å². The van der Waals surface area contributed by atoms with Gasteiger partial charge in [-0.1, -0.05) is 159 Å². The molecule has 43 heavy (non-hydrogen) atoms. The van der Waals surface area contributed by atoms with Crippen molar-refractivity contribution in [2.24, 2.45) is 0 Å². The molecule has 4 N–H and O–H groups in total. The van der Waals surface area contributed by atoms with Crippen LogP contribution in [-0.2, 0) is 4.79 Å². The normalized spacial score (nSPS) is 14.3. The first-order chi connectivity index (χ1) is 21.0. The minimum Gasteiger partial charge on any atom is -0.394 e. The van der Waals surface area contributed by atoms with Crippen molar-refractivity contribution in [1.82, 2.24) is 5.32 Å². The number of allylic oxidation sites excluding steroid dienone is 5. The third-order valence-corrected chi connectivity index (χ3v) is 8.16. The largest absolute Gasteiger partial charge is 0.394 e. The van der Waals surface area contributed by atoms with Gasteiger partial charge in [0.15, 0.2) is 0 Å². The van der Waals surface area contributed by atoms with Crippen LogP contribution in [0.3, 0.4) is 0 Å². The molecule has 5 nitrogen and oxygen atoms in total. The zero-order valence-electron chi connectivity index (χ0n) is 28.3. The van der Waals surface area contributed by atoms with Gasteiger partial charge >= 0.3 is 0 Å². The van der Waals surface area contributed by atoms with Gasteiger partial charge in [0, 0.05) is 0 Å². The lowest BCUT2D eigenvalue weighted by atomic mass is 10.0. The van der Waals surface area contributed by atoms with Gasteiger partial charge in [0.05, 0.1) is 31.3 Å². The van der Waals surface area contributed by atoms with Crippen LogP contribution < -0.4 is 5.32 Å². The fraction of sp³-hybridized carbons (Fsp3) is 0.816. The molecule has 0 heterocycles.